The van der Waals surface area contributed by atoms with E-state index in [2.05, 4.69) is 22.4 Å². The van der Waals surface area contributed by atoms with Crippen molar-refractivity contribution in [1.82, 2.24) is 14.8 Å². The molecule has 0 aromatic carbocycles. The van der Waals surface area contributed by atoms with Crippen LogP contribution < -0.4 is 10.9 Å². The molecule has 2 aromatic heterocycles. The summed E-state index contributed by atoms with van der Waals surface area (Å²) >= 11 is 1.42. The molecule has 0 atom stereocenters. The molecule has 0 saturated heterocycles. The Bertz CT molecular complexity index is 645. The molecule has 6 heteroatoms. The van der Waals surface area contributed by atoms with Crippen LogP contribution in [0.3, 0.4) is 0 Å². The summed E-state index contributed by atoms with van der Waals surface area (Å²) in [5.41, 5.74) is 1.58. The normalized spacial score (nSPS) is 11.1. The number of hydrogen-bond donors (Lipinski definition) is 1. The van der Waals surface area contributed by atoms with Crippen molar-refractivity contribution in [1.29, 1.82) is 0 Å². The van der Waals surface area contributed by atoms with Gasteiger partial charge in [-0.15, -0.1) is 10.2 Å². The summed E-state index contributed by atoms with van der Waals surface area (Å²) < 4.78 is 1.79. The molecule has 0 aliphatic carbocycles. The lowest BCUT2D eigenvalue weighted by Crippen LogP contribution is -2.25. The molecule has 0 fully saturated rings. The molecule has 0 spiro atoms. The molecule has 0 unspecified atom stereocenters. The molecule has 108 valence electrons. The predicted molar refractivity (Wildman–Crippen MR) is 83.5 cm³/mol. The van der Waals surface area contributed by atoms with Gasteiger partial charge in [0.25, 0.3) is 5.56 Å². The van der Waals surface area contributed by atoms with Crippen molar-refractivity contribution in [3.8, 4) is 10.6 Å². The molecule has 0 aliphatic rings. The van der Waals surface area contributed by atoms with Crippen LogP contribution in [0.25, 0.3) is 10.6 Å². The van der Waals surface area contributed by atoms with Gasteiger partial charge in [0.2, 0.25) is 5.13 Å². The Morgan fingerprint density at radius 3 is 2.75 bits per heavy atom. The van der Waals surface area contributed by atoms with Crippen molar-refractivity contribution >= 4 is 16.5 Å². The number of nitrogens with one attached hydrogen (secondary N) is 1. The molecular weight excluding hydrogens is 272 g/mol. The first kappa shape index (κ1) is 14.7. The number of aromatic nitrogens is 3. The zero-order valence-corrected chi connectivity index (χ0v) is 13.1. The Balaban J connectivity index is 2.41. The van der Waals surface area contributed by atoms with Crippen LogP contribution in [-0.2, 0) is 0 Å². The lowest BCUT2D eigenvalue weighted by atomic mass is 10.2. The molecular formula is C14H20N4OS. The number of rotatable bonds is 5. The maximum Gasteiger partial charge on any atom is 0.261 e. The van der Waals surface area contributed by atoms with E-state index in [-0.39, 0.29) is 11.6 Å². The number of aryl methyl sites for hydroxylation is 1. The molecule has 2 aromatic rings. The van der Waals surface area contributed by atoms with Crippen molar-refractivity contribution in [2.75, 3.05) is 11.9 Å². The summed E-state index contributed by atoms with van der Waals surface area (Å²) in [7, 11) is 0. The Kier molecular flexibility index (Phi) is 4.54. The molecule has 0 amide bonds. The van der Waals surface area contributed by atoms with E-state index in [9.17, 15) is 4.79 Å². The maximum atomic E-state index is 12.5. The molecule has 2 rings (SSSR count). The summed E-state index contributed by atoms with van der Waals surface area (Å²) in [5, 5.41) is 12.8. The first-order chi connectivity index (χ1) is 9.54. The van der Waals surface area contributed by atoms with E-state index in [1.165, 1.54) is 11.3 Å². The quantitative estimate of drug-likeness (QED) is 0.920. The Hall–Kier alpha value is -1.69. The van der Waals surface area contributed by atoms with E-state index in [1.807, 2.05) is 32.9 Å². The zero-order valence-electron chi connectivity index (χ0n) is 12.3. The van der Waals surface area contributed by atoms with Crippen LogP contribution in [0, 0.1) is 6.92 Å². The summed E-state index contributed by atoms with van der Waals surface area (Å²) in [6, 6.07) is 3.92. The van der Waals surface area contributed by atoms with E-state index < -0.39 is 0 Å². The van der Waals surface area contributed by atoms with Gasteiger partial charge in [-0.25, -0.2) is 0 Å². The maximum absolute atomic E-state index is 12.5. The largest absolute Gasteiger partial charge is 0.360 e. The average Bonchev–Trinajstić information content (AvgIpc) is 2.84. The second-order valence-electron chi connectivity index (χ2n) is 5.00. The second-order valence-corrected chi connectivity index (χ2v) is 5.97. The standard InChI is InChI=1S/C14H20N4OS/c1-5-8-15-14-17-16-12(20-14)11-7-6-10(4)18(9(2)3)13(11)19/h6-7,9H,5,8H2,1-4H3,(H,15,17). The van der Waals surface area contributed by atoms with Crippen molar-refractivity contribution < 1.29 is 0 Å². The van der Waals surface area contributed by atoms with Crippen LogP contribution in [0.4, 0.5) is 5.13 Å². The van der Waals surface area contributed by atoms with Gasteiger partial charge in [-0.1, -0.05) is 18.3 Å². The number of nitrogens with zero attached hydrogens (tertiary/aromatic N) is 3. The number of anilines is 1. The third-order valence-corrected chi connectivity index (χ3v) is 3.93. The molecule has 5 nitrogen and oxygen atoms in total. The Morgan fingerprint density at radius 2 is 2.10 bits per heavy atom. The van der Waals surface area contributed by atoms with Crippen molar-refractivity contribution in [3.05, 3.63) is 28.2 Å². The monoisotopic (exact) mass is 292 g/mol. The van der Waals surface area contributed by atoms with Gasteiger partial charge in [0.1, 0.15) is 0 Å². The van der Waals surface area contributed by atoms with Gasteiger partial charge in [0, 0.05) is 18.3 Å². The van der Waals surface area contributed by atoms with Gasteiger partial charge in [-0.05, 0) is 39.3 Å². The van der Waals surface area contributed by atoms with Crippen LogP contribution in [0.15, 0.2) is 16.9 Å². The van der Waals surface area contributed by atoms with Gasteiger partial charge in [0.15, 0.2) is 5.01 Å². The fraction of sp³-hybridized carbons (Fsp3) is 0.500. The van der Waals surface area contributed by atoms with E-state index in [1.54, 1.807) is 4.57 Å². The topological polar surface area (TPSA) is 59.8 Å². The SMILES string of the molecule is CCCNc1nnc(-c2ccc(C)n(C(C)C)c2=O)s1. The highest BCUT2D eigenvalue weighted by atomic mass is 32.1. The van der Waals surface area contributed by atoms with Gasteiger partial charge in [0.05, 0.1) is 5.56 Å². The fourth-order valence-corrected chi connectivity index (χ4v) is 2.87. The van der Waals surface area contributed by atoms with Gasteiger partial charge in [-0.3, -0.25) is 4.79 Å². The smallest absolute Gasteiger partial charge is 0.261 e. The molecule has 0 aliphatic heterocycles. The highest BCUT2D eigenvalue weighted by Gasteiger charge is 2.14. The molecule has 0 radical (unpaired) electrons. The summed E-state index contributed by atoms with van der Waals surface area (Å²) in [4.78, 5) is 12.5. The minimum Gasteiger partial charge on any atom is -0.360 e. The van der Waals surface area contributed by atoms with E-state index in [0.717, 1.165) is 23.8 Å². The average molecular weight is 292 g/mol. The van der Waals surface area contributed by atoms with Crippen molar-refractivity contribution in [2.24, 2.45) is 0 Å². The summed E-state index contributed by atoms with van der Waals surface area (Å²) in [5.74, 6) is 0. The van der Waals surface area contributed by atoms with E-state index in [0.29, 0.717) is 10.6 Å². The van der Waals surface area contributed by atoms with Crippen LogP contribution in [0.2, 0.25) is 0 Å². The van der Waals surface area contributed by atoms with Crippen molar-refractivity contribution in [2.45, 2.75) is 40.2 Å². The van der Waals surface area contributed by atoms with Crippen LogP contribution in [0.5, 0.6) is 0 Å². The lowest BCUT2D eigenvalue weighted by Gasteiger charge is -2.14. The van der Waals surface area contributed by atoms with Gasteiger partial charge in [-0.2, -0.15) is 0 Å². The molecule has 20 heavy (non-hydrogen) atoms. The minimum absolute atomic E-state index is 0.00167. The summed E-state index contributed by atoms with van der Waals surface area (Å²) in [6.07, 6.45) is 1.03. The molecule has 1 N–H and O–H groups in total. The molecule has 2 heterocycles. The Morgan fingerprint density at radius 1 is 1.35 bits per heavy atom. The third-order valence-electron chi connectivity index (χ3n) is 3.02. The van der Waals surface area contributed by atoms with E-state index >= 15 is 0 Å². The Labute approximate surface area is 122 Å². The van der Waals surface area contributed by atoms with Crippen molar-refractivity contribution in [3.63, 3.8) is 0 Å². The van der Waals surface area contributed by atoms with E-state index in [4.69, 9.17) is 0 Å². The third kappa shape index (κ3) is 2.90. The summed E-state index contributed by atoms with van der Waals surface area (Å²) in [6.45, 7) is 8.91. The van der Waals surface area contributed by atoms with Crippen LogP contribution in [0.1, 0.15) is 38.9 Å². The van der Waals surface area contributed by atoms with Crippen LogP contribution >= 0.6 is 11.3 Å². The highest BCUT2D eigenvalue weighted by Crippen LogP contribution is 2.24. The fourth-order valence-electron chi connectivity index (χ4n) is 2.09. The molecule has 0 saturated carbocycles. The lowest BCUT2D eigenvalue weighted by molar-refractivity contribution is 0.564. The molecule has 0 bridgehead atoms. The van der Waals surface area contributed by atoms with Gasteiger partial charge < -0.3 is 9.88 Å². The first-order valence-corrected chi connectivity index (χ1v) is 7.66. The van der Waals surface area contributed by atoms with Crippen LogP contribution in [-0.4, -0.2) is 21.3 Å². The van der Waals surface area contributed by atoms with Gasteiger partial charge >= 0.3 is 0 Å². The minimum atomic E-state index is -0.00167. The number of pyridine rings is 1. The second kappa shape index (κ2) is 6.17. The predicted octanol–water partition coefficient (Wildman–Crippen LogP) is 3.08. The first-order valence-electron chi connectivity index (χ1n) is 6.84. The highest BCUT2D eigenvalue weighted by molar-refractivity contribution is 7.18. The number of hydrogen-bond acceptors (Lipinski definition) is 5. The zero-order chi connectivity index (χ0) is 14.7.